The molecule has 1 amide bonds. The number of thiophene rings is 1. The molecule has 0 aliphatic rings. The first kappa shape index (κ1) is 20.3. The first-order valence-electron chi connectivity index (χ1n) is 8.95. The Balaban J connectivity index is 1.52. The van der Waals surface area contributed by atoms with E-state index in [-0.39, 0.29) is 18.3 Å². The fourth-order valence-electron chi connectivity index (χ4n) is 2.49. The topological polar surface area (TPSA) is 81.7 Å². The number of nitrogens with one attached hydrogen (secondary N) is 1. The van der Waals surface area contributed by atoms with Gasteiger partial charge < -0.3 is 14.8 Å². The van der Waals surface area contributed by atoms with Gasteiger partial charge in [-0.2, -0.15) is 0 Å². The summed E-state index contributed by atoms with van der Waals surface area (Å²) >= 11 is 1.34. The molecule has 29 heavy (non-hydrogen) atoms. The van der Waals surface area contributed by atoms with E-state index in [0.29, 0.717) is 34.0 Å². The van der Waals surface area contributed by atoms with Crippen LogP contribution in [0.2, 0.25) is 0 Å². The van der Waals surface area contributed by atoms with Crippen molar-refractivity contribution >= 4 is 34.7 Å². The number of hydrogen-bond donors (Lipinski definition) is 1. The van der Waals surface area contributed by atoms with E-state index in [0.717, 1.165) is 0 Å². The van der Waals surface area contributed by atoms with Crippen molar-refractivity contribution in [2.75, 3.05) is 18.5 Å². The predicted octanol–water partition coefficient (Wildman–Crippen LogP) is 4.44. The van der Waals surface area contributed by atoms with Crippen molar-refractivity contribution in [3.05, 3.63) is 82.0 Å². The summed E-state index contributed by atoms with van der Waals surface area (Å²) in [5, 5.41) is 4.57. The highest BCUT2D eigenvalue weighted by Gasteiger charge is 2.13. The minimum absolute atomic E-state index is 0.212. The lowest BCUT2D eigenvalue weighted by Gasteiger charge is -2.07. The highest BCUT2D eigenvalue weighted by molar-refractivity contribution is 7.12. The van der Waals surface area contributed by atoms with E-state index in [1.165, 1.54) is 23.5 Å². The molecule has 1 heterocycles. The molecule has 0 radical (unpaired) electrons. The van der Waals surface area contributed by atoms with Crippen LogP contribution in [0.5, 0.6) is 5.75 Å². The monoisotopic (exact) mass is 409 g/mol. The minimum Gasteiger partial charge on any atom is -0.494 e. The summed E-state index contributed by atoms with van der Waals surface area (Å²) in [6.45, 7) is 2.06. The van der Waals surface area contributed by atoms with E-state index in [1.54, 1.807) is 48.5 Å². The van der Waals surface area contributed by atoms with Gasteiger partial charge in [0.15, 0.2) is 12.4 Å². The van der Waals surface area contributed by atoms with Crippen molar-refractivity contribution in [1.82, 2.24) is 0 Å². The highest BCUT2D eigenvalue weighted by Crippen LogP contribution is 2.16. The maximum atomic E-state index is 12.2. The van der Waals surface area contributed by atoms with Crippen LogP contribution in [0.3, 0.4) is 0 Å². The van der Waals surface area contributed by atoms with Crippen LogP contribution in [0.4, 0.5) is 5.69 Å². The minimum atomic E-state index is -0.611. The average molecular weight is 409 g/mol. The van der Waals surface area contributed by atoms with Crippen LogP contribution >= 0.6 is 11.3 Å². The van der Waals surface area contributed by atoms with Crippen LogP contribution in [0.1, 0.15) is 37.3 Å². The van der Waals surface area contributed by atoms with Gasteiger partial charge in [0.1, 0.15) is 5.75 Å². The highest BCUT2D eigenvalue weighted by atomic mass is 32.1. The van der Waals surface area contributed by atoms with E-state index < -0.39 is 5.97 Å². The standard InChI is InChI=1S/C22H19NO5S/c1-2-27-18-11-7-15(8-12-18)19(24)14-28-22(26)16-5-9-17(10-6-16)23-21(25)20-4-3-13-29-20/h3-13H,2,14H2,1H3,(H,23,25). The summed E-state index contributed by atoms with van der Waals surface area (Å²) in [4.78, 5) is 37.0. The van der Waals surface area contributed by atoms with Gasteiger partial charge in [-0.1, -0.05) is 6.07 Å². The molecule has 0 bridgehead atoms. The third kappa shape index (κ3) is 5.52. The summed E-state index contributed by atoms with van der Waals surface area (Å²) in [6.07, 6.45) is 0. The van der Waals surface area contributed by atoms with Crippen molar-refractivity contribution < 1.29 is 23.9 Å². The first-order chi connectivity index (χ1) is 14.1. The summed E-state index contributed by atoms with van der Waals surface area (Å²) in [5.74, 6) is -0.453. The molecule has 1 aromatic heterocycles. The number of anilines is 1. The average Bonchev–Trinajstić information content (AvgIpc) is 3.28. The summed E-state index contributed by atoms with van der Waals surface area (Å²) in [7, 11) is 0. The number of carbonyl (C=O) groups excluding carboxylic acids is 3. The lowest BCUT2D eigenvalue weighted by molar-refractivity contribution is 0.0474. The lowest BCUT2D eigenvalue weighted by Crippen LogP contribution is -2.14. The van der Waals surface area contributed by atoms with Gasteiger partial charge in [0.05, 0.1) is 17.0 Å². The van der Waals surface area contributed by atoms with E-state index in [1.807, 2.05) is 12.3 Å². The molecule has 1 N–H and O–H groups in total. The molecule has 0 atom stereocenters. The van der Waals surface area contributed by atoms with Gasteiger partial charge in [-0.05, 0) is 66.9 Å². The van der Waals surface area contributed by atoms with E-state index in [2.05, 4.69) is 5.32 Å². The molecule has 148 valence electrons. The molecule has 0 saturated heterocycles. The Morgan fingerprint density at radius 3 is 2.24 bits per heavy atom. The number of amides is 1. The third-order valence-electron chi connectivity index (χ3n) is 3.95. The second-order valence-electron chi connectivity index (χ2n) is 5.97. The summed E-state index contributed by atoms with van der Waals surface area (Å²) in [6, 6.07) is 16.5. The zero-order chi connectivity index (χ0) is 20.6. The molecule has 0 fully saturated rings. The van der Waals surface area contributed by atoms with Crippen LogP contribution in [-0.4, -0.2) is 30.9 Å². The Kier molecular flexibility index (Phi) is 6.76. The number of hydrogen-bond acceptors (Lipinski definition) is 6. The second-order valence-corrected chi connectivity index (χ2v) is 6.91. The number of Topliss-reactive ketones (excluding diaryl/α,β-unsaturated/α-hetero) is 1. The van der Waals surface area contributed by atoms with Gasteiger partial charge >= 0.3 is 5.97 Å². The zero-order valence-electron chi connectivity index (χ0n) is 15.7. The van der Waals surface area contributed by atoms with Crippen LogP contribution in [0.25, 0.3) is 0 Å². The number of benzene rings is 2. The predicted molar refractivity (Wildman–Crippen MR) is 111 cm³/mol. The molecule has 0 aliphatic carbocycles. The molecule has 2 aromatic carbocycles. The molecule has 0 saturated carbocycles. The third-order valence-corrected chi connectivity index (χ3v) is 4.81. The fourth-order valence-corrected chi connectivity index (χ4v) is 3.11. The number of ketones is 1. The van der Waals surface area contributed by atoms with Gasteiger partial charge in [-0.25, -0.2) is 4.79 Å². The largest absolute Gasteiger partial charge is 0.494 e. The Hall–Kier alpha value is -3.45. The fraction of sp³-hybridized carbons (Fsp3) is 0.136. The quantitative estimate of drug-likeness (QED) is 0.439. The Labute approximate surface area is 172 Å². The molecular weight excluding hydrogens is 390 g/mol. The van der Waals surface area contributed by atoms with Crippen LogP contribution in [0, 0.1) is 0 Å². The van der Waals surface area contributed by atoms with Gasteiger partial charge in [-0.15, -0.1) is 11.3 Å². The molecule has 0 unspecified atom stereocenters. The summed E-state index contributed by atoms with van der Waals surface area (Å²) < 4.78 is 10.4. The van der Waals surface area contributed by atoms with Crippen molar-refractivity contribution in [1.29, 1.82) is 0 Å². The van der Waals surface area contributed by atoms with Gasteiger partial charge in [0.2, 0.25) is 0 Å². The maximum absolute atomic E-state index is 12.2. The number of rotatable bonds is 8. The number of carbonyl (C=O) groups is 3. The van der Waals surface area contributed by atoms with Crippen molar-refractivity contribution in [2.45, 2.75) is 6.92 Å². The molecule has 0 spiro atoms. The van der Waals surface area contributed by atoms with Gasteiger partial charge in [0.25, 0.3) is 5.91 Å². The molecule has 3 aromatic rings. The van der Waals surface area contributed by atoms with Gasteiger partial charge in [-0.3, -0.25) is 9.59 Å². The molecule has 7 heteroatoms. The molecule has 0 aliphatic heterocycles. The smallest absolute Gasteiger partial charge is 0.338 e. The van der Waals surface area contributed by atoms with E-state index >= 15 is 0 Å². The van der Waals surface area contributed by atoms with E-state index in [4.69, 9.17) is 9.47 Å². The number of ether oxygens (including phenoxy) is 2. The Bertz CT molecular complexity index is 979. The van der Waals surface area contributed by atoms with Gasteiger partial charge in [0, 0.05) is 11.3 Å². The zero-order valence-corrected chi connectivity index (χ0v) is 16.5. The Morgan fingerprint density at radius 2 is 1.62 bits per heavy atom. The van der Waals surface area contributed by atoms with Crippen LogP contribution < -0.4 is 10.1 Å². The van der Waals surface area contributed by atoms with Crippen molar-refractivity contribution in [3.8, 4) is 5.75 Å². The second kappa shape index (κ2) is 9.66. The van der Waals surface area contributed by atoms with Crippen molar-refractivity contribution in [3.63, 3.8) is 0 Å². The van der Waals surface area contributed by atoms with Crippen LogP contribution in [0.15, 0.2) is 66.0 Å². The maximum Gasteiger partial charge on any atom is 0.338 e. The van der Waals surface area contributed by atoms with Crippen molar-refractivity contribution in [2.24, 2.45) is 0 Å². The molecular formula is C22H19NO5S. The number of esters is 1. The lowest BCUT2D eigenvalue weighted by atomic mass is 10.1. The SMILES string of the molecule is CCOc1ccc(C(=O)COC(=O)c2ccc(NC(=O)c3cccs3)cc2)cc1. The normalized spacial score (nSPS) is 10.2. The van der Waals surface area contributed by atoms with E-state index in [9.17, 15) is 14.4 Å². The molecule has 6 nitrogen and oxygen atoms in total. The van der Waals surface area contributed by atoms with Crippen LogP contribution in [-0.2, 0) is 4.74 Å². The summed E-state index contributed by atoms with van der Waals surface area (Å²) in [5.41, 5.74) is 1.29. The first-order valence-corrected chi connectivity index (χ1v) is 9.83. The Morgan fingerprint density at radius 1 is 0.931 bits per heavy atom. The molecule has 3 rings (SSSR count).